The summed E-state index contributed by atoms with van der Waals surface area (Å²) in [6.07, 6.45) is 0. The van der Waals surface area contributed by atoms with Crippen LogP contribution in [0.1, 0.15) is 10.5 Å². The van der Waals surface area contributed by atoms with E-state index in [1.165, 1.54) is 18.4 Å². The number of carbonyl (C=O) groups is 1. The summed E-state index contributed by atoms with van der Waals surface area (Å²) in [6, 6.07) is 5.37. The van der Waals surface area contributed by atoms with Gasteiger partial charge in [-0.3, -0.25) is 0 Å². The molecule has 18 heavy (non-hydrogen) atoms. The van der Waals surface area contributed by atoms with Crippen LogP contribution in [0.25, 0.3) is 10.4 Å². The maximum Gasteiger partial charge on any atom is 0.358 e. The molecule has 0 aliphatic rings. The second-order valence-corrected chi connectivity index (χ2v) is 5.64. The van der Waals surface area contributed by atoms with Gasteiger partial charge in [-0.1, -0.05) is 29.0 Å². The van der Waals surface area contributed by atoms with Crippen molar-refractivity contribution in [3.05, 3.63) is 33.4 Å². The van der Waals surface area contributed by atoms with Gasteiger partial charge in [0, 0.05) is 4.47 Å². The Morgan fingerprint density at radius 2 is 2.28 bits per heavy atom. The predicted molar refractivity (Wildman–Crippen MR) is 76.0 cm³/mol. The molecule has 0 aliphatic carbocycles. The van der Waals surface area contributed by atoms with Crippen molar-refractivity contribution < 1.29 is 9.53 Å². The molecule has 94 valence electrons. The highest BCUT2D eigenvalue weighted by Crippen LogP contribution is 2.35. The van der Waals surface area contributed by atoms with Gasteiger partial charge < -0.3 is 10.5 Å². The molecule has 7 heteroatoms. The number of thiazole rings is 1. The minimum absolute atomic E-state index is 0.207. The van der Waals surface area contributed by atoms with Gasteiger partial charge in [0.15, 0.2) is 10.8 Å². The normalized spacial score (nSPS) is 10.4. The summed E-state index contributed by atoms with van der Waals surface area (Å²) in [5, 5.41) is 0.861. The Balaban J connectivity index is 2.56. The van der Waals surface area contributed by atoms with E-state index in [4.69, 9.17) is 17.3 Å². The van der Waals surface area contributed by atoms with E-state index in [9.17, 15) is 4.79 Å². The van der Waals surface area contributed by atoms with Crippen molar-refractivity contribution in [2.45, 2.75) is 0 Å². The van der Waals surface area contributed by atoms with Gasteiger partial charge in [0.05, 0.1) is 17.0 Å². The molecule has 2 N–H and O–H groups in total. The number of esters is 1. The van der Waals surface area contributed by atoms with Gasteiger partial charge in [-0.2, -0.15) is 0 Å². The number of nitrogens with zero attached hydrogens (tertiary/aromatic N) is 1. The first-order valence-corrected chi connectivity index (χ1v) is 6.81. The van der Waals surface area contributed by atoms with Crippen molar-refractivity contribution in [1.82, 2.24) is 4.98 Å². The zero-order chi connectivity index (χ0) is 13.3. The molecule has 0 unspecified atom stereocenters. The van der Waals surface area contributed by atoms with E-state index in [0.29, 0.717) is 15.0 Å². The van der Waals surface area contributed by atoms with E-state index in [0.717, 1.165) is 10.0 Å². The maximum absolute atomic E-state index is 11.6. The summed E-state index contributed by atoms with van der Waals surface area (Å²) in [4.78, 5) is 16.2. The molecule has 4 nitrogen and oxygen atoms in total. The molecule has 2 rings (SSSR count). The Hall–Kier alpha value is -1.11. The zero-order valence-electron chi connectivity index (χ0n) is 9.24. The fraction of sp³-hybridized carbons (Fsp3) is 0.0909. The van der Waals surface area contributed by atoms with Crippen LogP contribution in [0.3, 0.4) is 0 Å². The topological polar surface area (TPSA) is 65.2 Å². The lowest BCUT2D eigenvalue weighted by Gasteiger charge is -2.02. The molecule has 2 aromatic rings. The number of nitrogens with two attached hydrogens (primary N) is 1. The second-order valence-electron chi connectivity index (χ2n) is 3.35. The molecule has 0 amide bonds. The molecular formula is C11H8BrClN2O2S. The van der Waals surface area contributed by atoms with Crippen molar-refractivity contribution >= 4 is 50.0 Å². The molecule has 0 saturated heterocycles. The summed E-state index contributed by atoms with van der Waals surface area (Å²) >= 11 is 10.6. The van der Waals surface area contributed by atoms with Crippen molar-refractivity contribution in [3.8, 4) is 10.4 Å². The Morgan fingerprint density at radius 3 is 2.89 bits per heavy atom. The van der Waals surface area contributed by atoms with Gasteiger partial charge in [0.1, 0.15) is 0 Å². The summed E-state index contributed by atoms with van der Waals surface area (Å²) in [5.74, 6) is -0.517. The fourth-order valence-corrected chi connectivity index (χ4v) is 2.65. The molecule has 0 atom stereocenters. The van der Waals surface area contributed by atoms with Gasteiger partial charge in [-0.15, -0.1) is 0 Å². The molecule has 0 saturated carbocycles. The van der Waals surface area contributed by atoms with E-state index >= 15 is 0 Å². The van der Waals surface area contributed by atoms with Crippen molar-refractivity contribution in [1.29, 1.82) is 0 Å². The van der Waals surface area contributed by atoms with Crippen LogP contribution in [0, 0.1) is 0 Å². The van der Waals surface area contributed by atoms with Crippen LogP contribution in [0.5, 0.6) is 0 Å². The molecule has 1 aromatic carbocycles. The standard InChI is InChI=1S/C11H8BrClN2O2S/c1-17-10(16)8-9(18-11(14)15-8)5-2-3-6(12)7(13)4-5/h2-4H,1H3,(H2,14,15). The third-order valence-electron chi connectivity index (χ3n) is 2.20. The average Bonchev–Trinajstić information content (AvgIpc) is 2.74. The number of hydrogen-bond acceptors (Lipinski definition) is 5. The van der Waals surface area contributed by atoms with Gasteiger partial charge in [0.2, 0.25) is 0 Å². The zero-order valence-corrected chi connectivity index (χ0v) is 12.4. The highest BCUT2D eigenvalue weighted by Gasteiger charge is 2.19. The molecule has 0 aliphatic heterocycles. The number of ether oxygens (including phenoxy) is 1. The van der Waals surface area contributed by atoms with Crippen molar-refractivity contribution in [2.24, 2.45) is 0 Å². The van der Waals surface area contributed by atoms with E-state index in [1.54, 1.807) is 12.1 Å². The van der Waals surface area contributed by atoms with Gasteiger partial charge in [-0.25, -0.2) is 9.78 Å². The third kappa shape index (κ3) is 2.50. The van der Waals surface area contributed by atoms with Crippen molar-refractivity contribution in [3.63, 3.8) is 0 Å². The van der Waals surface area contributed by atoms with Crippen LogP contribution in [0.2, 0.25) is 5.02 Å². The van der Waals surface area contributed by atoms with Crippen LogP contribution < -0.4 is 5.73 Å². The average molecular weight is 348 g/mol. The lowest BCUT2D eigenvalue weighted by atomic mass is 10.1. The number of anilines is 1. The third-order valence-corrected chi connectivity index (χ3v) is 4.37. The van der Waals surface area contributed by atoms with Gasteiger partial charge in [-0.05, 0) is 33.6 Å². The van der Waals surface area contributed by atoms with Gasteiger partial charge >= 0.3 is 5.97 Å². The monoisotopic (exact) mass is 346 g/mol. The summed E-state index contributed by atoms with van der Waals surface area (Å²) in [7, 11) is 1.30. The molecule has 1 heterocycles. The van der Waals surface area contributed by atoms with Crippen LogP contribution in [0.15, 0.2) is 22.7 Å². The Morgan fingerprint density at radius 1 is 1.56 bits per heavy atom. The lowest BCUT2D eigenvalue weighted by Crippen LogP contribution is -2.03. The van der Waals surface area contributed by atoms with Gasteiger partial charge in [0.25, 0.3) is 0 Å². The number of halogens is 2. The highest BCUT2D eigenvalue weighted by atomic mass is 79.9. The molecule has 0 radical (unpaired) electrons. The predicted octanol–water partition coefficient (Wildman–Crippen LogP) is 3.59. The first-order valence-electron chi connectivity index (χ1n) is 4.83. The minimum Gasteiger partial charge on any atom is -0.464 e. The van der Waals surface area contributed by atoms with E-state index in [-0.39, 0.29) is 5.69 Å². The van der Waals surface area contributed by atoms with E-state index < -0.39 is 5.97 Å². The number of rotatable bonds is 2. The van der Waals surface area contributed by atoms with E-state index in [1.807, 2.05) is 6.07 Å². The number of methoxy groups -OCH3 is 1. The quantitative estimate of drug-likeness (QED) is 0.843. The summed E-state index contributed by atoms with van der Waals surface area (Å²) in [6.45, 7) is 0. The Bertz CT molecular complexity index is 615. The summed E-state index contributed by atoms with van der Waals surface area (Å²) < 4.78 is 5.46. The summed E-state index contributed by atoms with van der Waals surface area (Å²) in [5.41, 5.74) is 6.62. The fourth-order valence-electron chi connectivity index (χ4n) is 1.40. The maximum atomic E-state index is 11.6. The Labute approximate surface area is 121 Å². The van der Waals surface area contributed by atoms with Crippen molar-refractivity contribution in [2.75, 3.05) is 12.8 Å². The highest BCUT2D eigenvalue weighted by molar-refractivity contribution is 9.10. The molecule has 0 fully saturated rings. The number of nitrogen functional groups attached to an aromatic ring is 1. The molecule has 0 bridgehead atoms. The largest absolute Gasteiger partial charge is 0.464 e. The SMILES string of the molecule is COC(=O)c1nc(N)sc1-c1ccc(Br)c(Cl)c1. The first kappa shape index (κ1) is 13.3. The number of aromatic nitrogens is 1. The molecule has 0 spiro atoms. The number of carbonyl (C=O) groups excluding carboxylic acids is 1. The van der Waals surface area contributed by atoms with E-state index in [2.05, 4.69) is 25.7 Å². The number of hydrogen-bond donors (Lipinski definition) is 1. The number of benzene rings is 1. The second kappa shape index (κ2) is 5.26. The van der Waals surface area contributed by atoms with Crippen LogP contribution >= 0.6 is 38.9 Å². The first-order chi connectivity index (χ1) is 8.52. The molecule has 1 aromatic heterocycles. The molecular weight excluding hydrogens is 340 g/mol. The lowest BCUT2D eigenvalue weighted by molar-refractivity contribution is 0.0596. The Kier molecular flexibility index (Phi) is 3.89. The minimum atomic E-state index is -0.517. The van der Waals surface area contributed by atoms with Crippen LogP contribution in [0.4, 0.5) is 5.13 Å². The smallest absolute Gasteiger partial charge is 0.358 e. The van der Waals surface area contributed by atoms with Crippen LogP contribution in [-0.2, 0) is 4.74 Å². The van der Waals surface area contributed by atoms with Crippen LogP contribution in [-0.4, -0.2) is 18.1 Å².